The summed E-state index contributed by atoms with van der Waals surface area (Å²) in [5.74, 6) is 1.97. The van der Waals surface area contributed by atoms with Crippen molar-refractivity contribution in [3.8, 4) is 6.07 Å². The fourth-order valence-electron chi connectivity index (χ4n) is 6.53. The Kier molecular flexibility index (Phi) is 20.3. The van der Waals surface area contributed by atoms with E-state index in [1.54, 1.807) is 13.2 Å². The third-order valence-electron chi connectivity index (χ3n) is 8.55. The smallest absolute Gasteiger partial charge is 0.251 e. The molecule has 2 atom stereocenters. The van der Waals surface area contributed by atoms with Crippen LogP contribution in [-0.4, -0.2) is 71.7 Å². The molecular weight excluding hydrogens is 624 g/mol. The summed E-state index contributed by atoms with van der Waals surface area (Å²) in [6.45, 7) is 25.7. The molecule has 1 aromatic carbocycles. The Morgan fingerprint density at radius 2 is 1.88 bits per heavy atom. The van der Waals surface area contributed by atoms with Gasteiger partial charge >= 0.3 is 0 Å². The van der Waals surface area contributed by atoms with Crippen LogP contribution < -0.4 is 16.0 Å². The number of carbonyl (C=O) groups is 2. The van der Waals surface area contributed by atoms with Gasteiger partial charge in [-0.15, -0.1) is 0 Å². The lowest BCUT2D eigenvalue weighted by Crippen LogP contribution is -2.42. The summed E-state index contributed by atoms with van der Waals surface area (Å²) in [5, 5.41) is 25.6. The van der Waals surface area contributed by atoms with E-state index in [1.807, 2.05) is 19.1 Å². The van der Waals surface area contributed by atoms with Crippen molar-refractivity contribution in [2.75, 3.05) is 33.2 Å². The molecule has 10 nitrogen and oxygen atoms in total. The summed E-state index contributed by atoms with van der Waals surface area (Å²) in [4.78, 5) is 29.3. The van der Waals surface area contributed by atoms with Crippen LogP contribution in [0.2, 0.25) is 0 Å². The van der Waals surface area contributed by atoms with Gasteiger partial charge in [-0.1, -0.05) is 65.3 Å². The number of aryl methyl sites for hydroxylation is 2. The maximum atomic E-state index is 12.5. The molecule has 276 valence electrons. The van der Waals surface area contributed by atoms with Gasteiger partial charge in [-0.05, 0) is 106 Å². The van der Waals surface area contributed by atoms with Crippen LogP contribution in [0.5, 0.6) is 0 Å². The highest BCUT2D eigenvalue weighted by Gasteiger charge is 2.47. The van der Waals surface area contributed by atoms with E-state index in [1.165, 1.54) is 32.7 Å². The molecule has 3 rings (SSSR count). The highest BCUT2D eigenvalue weighted by atomic mass is 16.1. The molecule has 0 aliphatic heterocycles. The summed E-state index contributed by atoms with van der Waals surface area (Å²) in [6.07, 6.45) is 10.2. The molecule has 0 saturated carbocycles. The number of hydrogen-bond acceptors (Lipinski definition) is 7. The number of unbranched alkanes of at least 4 members (excludes halogenated alkanes) is 1. The Bertz CT molecular complexity index is 1450. The molecule has 1 aromatic heterocycles. The lowest BCUT2D eigenvalue weighted by atomic mass is 9.64. The van der Waals surface area contributed by atoms with Gasteiger partial charge in [-0.3, -0.25) is 14.7 Å². The Morgan fingerprint density at radius 1 is 1.16 bits per heavy atom. The average Bonchev–Trinajstić information content (AvgIpc) is 3.54. The largest absolute Gasteiger partial charge is 0.392 e. The van der Waals surface area contributed by atoms with Crippen molar-refractivity contribution in [2.45, 2.75) is 112 Å². The second-order valence-electron chi connectivity index (χ2n) is 13.1. The molecule has 0 spiro atoms. The van der Waals surface area contributed by atoms with Crippen LogP contribution in [0.15, 0.2) is 53.8 Å². The molecule has 2 aromatic rings. The molecule has 2 amide bonds. The number of H-pyrrole nitrogens is 1. The van der Waals surface area contributed by atoms with Gasteiger partial charge in [0.2, 0.25) is 6.41 Å². The number of nitriles is 1. The molecule has 1 heterocycles. The molecule has 4 N–H and O–H groups in total. The first-order valence-electron chi connectivity index (χ1n) is 18.2. The van der Waals surface area contributed by atoms with Crippen LogP contribution >= 0.6 is 0 Å². The molecule has 2 unspecified atom stereocenters. The van der Waals surface area contributed by atoms with Crippen molar-refractivity contribution in [3.05, 3.63) is 82.1 Å². The molecule has 10 heteroatoms. The standard InChI is InChI=1S/C29H43N5O.C7H12N2O.C4H9N/c1-9-25-32-28(34-33-25)29(17-20(7)31-10-2)24-14-13-23(27(35)30-8)16-21(24)11-12-22(15-18(3)4)26(29)19(5)6;1-2-3-5-9(7-10)6-4-8;1-3-5-4-2/h13-16,19-20,31H,9-12,17H2,1-8H3,(H,30,35)(H,32,33,34);7H,2-3,5-6H2,1H3;3,5H,1,4H2,2H3. The second kappa shape index (κ2) is 23.2. The van der Waals surface area contributed by atoms with Gasteiger partial charge in [-0.25, -0.2) is 4.98 Å². The van der Waals surface area contributed by atoms with Crippen molar-refractivity contribution in [1.29, 1.82) is 5.26 Å². The van der Waals surface area contributed by atoms with Crippen molar-refractivity contribution in [1.82, 2.24) is 36.0 Å². The highest BCUT2D eigenvalue weighted by Crippen LogP contribution is 2.50. The van der Waals surface area contributed by atoms with Gasteiger partial charge in [-0.2, -0.15) is 10.4 Å². The van der Waals surface area contributed by atoms with Crippen LogP contribution in [-0.2, 0) is 23.1 Å². The molecular formula is C40H64N8O2. The molecule has 0 bridgehead atoms. The van der Waals surface area contributed by atoms with Gasteiger partial charge < -0.3 is 20.9 Å². The highest BCUT2D eigenvalue weighted by molar-refractivity contribution is 5.94. The quantitative estimate of drug-likeness (QED) is 0.113. The first-order valence-corrected chi connectivity index (χ1v) is 18.2. The van der Waals surface area contributed by atoms with Crippen molar-refractivity contribution >= 4 is 12.3 Å². The van der Waals surface area contributed by atoms with Crippen molar-refractivity contribution < 1.29 is 9.59 Å². The summed E-state index contributed by atoms with van der Waals surface area (Å²) >= 11 is 0. The number of aromatic nitrogens is 3. The van der Waals surface area contributed by atoms with E-state index in [2.05, 4.69) is 101 Å². The normalized spacial score (nSPS) is 15.5. The van der Waals surface area contributed by atoms with Gasteiger partial charge in [0, 0.05) is 38.2 Å². The van der Waals surface area contributed by atoms with Gasteiger partial charge in [0.15, 0.2) is 5.82 Å². The Labute approximate surface area is 302 Å². The minimum Gasteiger partial charge on any atom is -0.392 e. The van der Waals surface area contributed by atoms with E-state index in [0.717, 1.165) is 69.7 Å². The topological polar surface area (TPSA) is 139 Å². The zero-order valence-corrected chi connectivity index (χ0v) is 32.5. The lowest BCUT2D eigenvalue weighted by Gasteiger charge is -2.40. The number of allylic oxidation sites excluding steroid dienone is 4. The third-order valence-corrected chi connectivity index (χ3v) is 8.55. The Hall–Kier alpha value is -4.23. The van der Waals surface area contributed by atoms with Gasteiger partial charge in [0.05, 0.1) is 11.5 Å². The predicted octanol–water partition coefficient (Wildman–Crippen LogP) is 6.77. The Morgan fingerprint density at radius 3 is 2.36 bits per heavy atom. The van der Waals surface area contributed by atoms with E-state index < -0.39 is 5.41 Å². The van der Waals surface area contributed by atoms with E-state index in [4.69, 9.17) is 15.3 Å². The fourth-order valence-corrected chi connectivity index (χ4v) is 6.53. The fraction of sp³-hybridized carbons (Fsp3) is 0.575. The Balaban J connectivity index is 0.000000695. The van der Waals surface area contributed by atoms with Crippen LogP contribution in [0.3, 0.4) is 0 Å². The van der Waals surface area contributed by atoms with Crippen molar-refractivity contribution in [3.63, 3.8) is 0 Å². The van der Waals surface area contributed by atoms with E-state index in [0.29, 0.717) is 18.0 Å². The first kappa shape index (κ1) is 43.8. The molecule has 1 aliphatic rings. The molecule has 0 fully saturated rings. The number of nitrogens with one attached hydrogen (secondary N) is 4. The second-order valence-corrected chi connectivity index (χ2v) is 13.1. The number of benzene rings is 1. The average molecular weight is 689 g/mol. The number of fused-ring (bicyclic) bond motifs is 1. The minimum absolute atomic E-state index is 0.0589. The summed E-state index contributed by atoms with van der Waals surface area (Å²) in [7, 11) is 1.68. The number of rotatable bonds is 16. The zero-order chi connectivity index (χ0) is 37.7. The molecule has 50 heavy (non-hydrogen) atoms. The van der Waals surface area contributed by atoms with E-state index >= 15 is 0 Å². The predicted molar refractivity (Wildman–Crippen MR) is 206 cm³/mol. The van der Waals surface area contributed by atoms with Crippen LogP contribution in [0, 0.1) is 17.2 Å². The molecule has 1 aliphatic carbocycles. The van der Waals surface area contributed by atoms with E-state index in [9.17, 15) is 9.59 Å². The van der Waals surface area contributed by atoms with Crippen LogP contribution in [0.1, 0.15) is 121 Å². The SMILES string of the molecule is C=CNCC.CCCCN(C=O)CC#N.CCNC(C)CC1(c2n[nH]c(CC)n2)C(C(C)C)=C(C=C(C)C)CCc2cc(C(=O)NC)ccc21. The third kappa shape index (κ3) is 12.6. The van der Waals surface area contributed by atoms with Gasteiger partial charge in [0.1, 0.15) is 12.4 Å². The number of amides is 2. The maximum absolute atomic E-state index is 12.5. The minimum atomic E-state index is -0.506. The monoisotopic (exact) mass is 689 g/mol. The first-order chi connectivity index (χ1) is 23.9. The van der Waals surface area contributed by atoms with Crippen LogP contribution in [0.25, 0.3) is 0 Å². The summed E-state index contributed by atoms with van der Waals surface area (Å²) in [6, 6.07) is 8.37. The number of nitrogens with zero attached hydrogens (tertiary/aromatic N) is 4. The number of carbonyl (C=O) groups excluding carboxylic acids is 2. The number of hydrogen-bond donors (Lipinski definition) is 4. The van der Waals surface area contributed by atoms with Crippen molar-refractivity contribution in [2.24, 2.45) is 5.92 Å². The lowest BCUT2D eigenvalue weighted by molar-refractivity contribution is -0.117. The van der Waals surface area contributed by atoms with Gasteiger partial charge in [0.25, 0.3) is 5.91 Å². The summed E-state index contributed by atoms with van der Waals surface area (Å²) < 4.78 is 0. The number of aromatic amines is 1. The van der Waals surface area contributed by atoms with Crippen LogP contribution in [0.4, 0.5) is 0 Å². The molecule has 0 radical (unpaired) electrons. The molecule has 0 saturated heterocycles. The zero-order valence-electron chi connectivity index (χ0n) is 32.5. The summed E-state index contributed by atoms with van der Waals surface area (Å²) in [5.41, 5.74) is 6.65. The van der Waals surface area contributed by atoms with E-state index in [-0.39, 0.29) is 18.5 Å². The maximum Gasteiger partial charge on any atom is 0.251 e.